The highest BCUT2D eigenvalue weighted by Gasteiger charge is 2.59. The van der Waals surface area contributed by atoms with Crippen LogP contribution in [0.2, 0.25) is 0 Å². The number of aliphatic hydroxyl groups is 1. The second-order valence-electron chi connectivity index (χ2n) is 11.4. The summed E-state index contributed by atoms with van der Waals surface area (Å²) in [5.41, 5.74) is 4.72. The summed E-state index contributed by atoms with van der Waals surface area (Å²) in [5.74, 6) is 3.00. The van der Waals surface area contributed by atoms with Crippen LogP contribution in [0.3, 0.4) is 0 Å². The summed E-state index contributed by atoms with van der Waals surface area (Å²) in [7, 11) is 0. The van der Waals surface area contributed by atoms with Gasteiger partial charge in [-0.05, 0) is 98.1 Å². The van der Waals surface area contributed by atoms with Gasteiger partial charge in [0.25, 0.3) is 0 Å². The first-order valence-corrected chi connectivity index (χ1v) is 12.5. The van der Waals surface area contributed by atoms with Crippen LogP contribution in [0.1, 0.15) is 76.8 Å². The Morgan fingerprint density at radius 2 is 1.81 bits per heavy atom. The second-order valence-corrected chi connectivity index (χ2v) is 11.4. The van der Waals surface area contributed by atoms with Crippen LogP contribution in [0.25, 0.3) is 5.69 Å². The molecule has 4 aliphatic carbocycles. The molecule has 0 amide bonds. The minimum absolute atomic E-state index is 0.111. The Morgan fingerprint density at radius 1 is 0.968 bits per heavy atom. The number of hydrogen-bond donors (Lipinski definition) is 1. The van der Waals surface area contributed by atoms with Crippen LogP contribution in [0.5, 0.6) is 0 Å². The average Bonchev–Trinajstić information content (AvgIpc) is 3.39. The number of fused-ring (bicyclic) bond motifs is 5. The third-order valence-corrected chi connectivity index (χ3v) is 10.1. The molecule has 3 heteroatoms. The van der Waals surface area contributed by atoms with E-state index >= 15 is 0 Å². The van der Waals surface area contributed by atoms with Gasteiger partial charge in [0.05, 0.1) is 17.5 Å². The smallest absolute Gasteiger partial charge is 0.0665 e. The third kappa shape index (κ3) is 2.92. The lowest BCUT2D eigenvalue weighted by molar-refractivity contribution is -0.0412. The van der Waals surface area contributed by atoms with Crippen molar-refractivity contribution in [3.05, 3.63) is 59.9 Å². The van der Waals surface area contributed by atoms with Crippen LogP contribution < -0.4 is 0 Å². The van der Waals surface area contributed by atoms with E-state index in [1.165, 1.54) is 44.2 Å². The largest absolute Gasteiger partial charge is 0.393 e. The number of hydrogen-bond acceptors (Lipinski definition) is 2. The number of rotatable bonds is 2. The molecule has 1 aromatic carbocycles. The van der Waals surface area contributed by atoms with E-state index in [1.54, 1.807) is 5.57 Å². The molecule has 164 valence electrons. The molecule has 1 N–H and O–H groups in total. The van der Waals surface area contributed by atoms with Crippen LogP contribution in [0.15, 0.2) is 54.2 Å². The second kappa shape index (κ2) is 7.07. The van der Waals surface area contributed by atoms with Crippen molar-refractivity contribution in [1.29, 1.82) is 0 Å². The van der Waals surface area contributed by atoms with Gasteiger partial charge in [0.2, 0.25) is 0 Å². The Bertz CT molecular complexity index is 993. The highest BCUT2D eigenvalue weighted by molar-refractivity contribution is 5.32. The molecule has 3 saturated carbocycles. The third-order valence-electron chi connectivity index (χ3n) is 10.1. The molecule has 1 aromatic heterocycles. The van der Waals surface area contributed by atoms with Gasteiger partial charge in [-0.3, -0.25) is 0 Å². The van der Waals surface area contributed by atoms with E-state index in [4.69, 9.17) is 5.10 Å². The zero-order valence-electron chi connectivity index (χ0n) is 19.0. The van der Waals surface area contributed by atoms with Crippen molar-refractivity contribution < 1.29 is 5.11 Å². The summed E-state index contributed by atoms with van der Waals surface area (Å²) < 4.78 is 2.06. The minimum Gasteiger partial charge on any atom is -0.393 e. The number of para-hydroxylation sites is 1. The SMILES string of the molecule is C[C@]12CC[C@H]3[C@@H](CC=C4C[C@@H](O)CC[C@@]43C)[C@@H]1CC[C@@H]2c1ccn(-c2ccccc2)n1. The van der Waals surface area contributed by atoms with Crippen LogP contribution in [0.4, 0.5) is 0 Å². The summed E-state index contributed by atoms with van der Waals surface area (Å²) in [6.45, 7) is 5.11. The molecule has 1 heterocycles. The molecule has 0 bridgehead atoms. The van der Waals surface area contributed by atoms with Crippen LogP contribution in [-0.2, 0) is 0 Å². The van der Waals surface area contributed by atoms with Gasteiger partial charge in [-0.25, -0.2) is 4.68 Å². The summed E-state index contributed by atoms with van der Waals surface area (Å²) in [6.07, 6.45) is 14.2. The molecule has 3 nitrogen and oxygen atoms in total. The minimum atomic E-state index is -0.111. The Morgan fingerprint density at radius 3 is 2.65 bits per heavy atom. The van der Waals surface area contributed by atoms with Gasteiger partial charge in [-0.2, -0.15) is 5.10 Å². The lowest BCUT2D eigenvalue weighted by atomic mass is 9.47. The van der Waals surface area contributed by atoms with Gasteiger partial charge in [-0.15, -0.1) is 0 Å². The molecule has 0 radical (unpaired) electrons. The fourth-order valence-corrected chi connectivity index (χ4v) is 8.38. The number of allylic oxidation sites excluding steroid dienone is 1. The van der Waals surface area contributed by atoms with E-state index in [9.17, 15) is 5.11 Å². The topological polar surface area (TPSA) is 38.0 Å². The van der Waals surface area contributed by atoms with E-state index < -0.39 is 0 Å². The van der Waals surface area contributed by atoms with E-state index in [-0.39, 0.29) is 6.10 Å². The Labute approximate surface area is 186 Å². The average molecular weight is 417 g/mol. The van der Waals surface area contributed by atoms with Crippen LogP contribution >= 0.6 is 0 Å². The number of nitrogens with zero attached hydrogens (tertiary/aromatic N) is 2. The monoisotopic (exact) mass is 416 g/mol. The standard InChI is InChI=1S/C28H36N2O/c1-27-15-12-21(31)18-19(27)8-9-22-23-10-11-25(28(23,2)16-13-24(22)27)26-14-17-30(29-26)20-6-4-3-5-7-20/h3-8,14,17,21-25,31H,9-13,15-16,18H2,1-2H3/t21-,22-,23-,24-,25+,27-,28-/m0/s1. The van der Waals surface area contributed by atoms with Gasteiger partial charge in [0.15, 0.2) is 0 Å². The van der Waals surface area contributed by atoms with Gasteiger partial charge >= 0.3 is 0 Å². The molecule has 4 aliphatic rings. The Balaban J connectivity index is 1.29. The summed E-state index contributed by atoms with van der Waals surface area (Å²) >= 11 is 0. The van der Waals surface area contributed by atoms with E-state index in [2.05, 4.69) is 67.2 Å². The molecule has 0 unspecified atom stereocenters. The van der Waals surface area contributed by atoms with Gasteiger partial charge in [0.1, 0.15) is 0 Å². The predicted octanol–water partition coefficient (Wildman–Crippen LogP) is 6.28. The quantitative estimate of drug-likeness (QED) is 0.585. The Hall–Kier alpha value is -1.87. The molecule has 7 atom stereocenters. The molecule has 0 saturated heterocycles. The summed E-state index contributed by atoms with van der Waals surface area (Å²) in [5, 5.41) is 15.3. The first-order chi connectivity index (χ1) is 15.0. The molecular weight excluding hydrogens is 380 g/mol. The molecule has 2 aromatic rings. The van der Waals surface area contributed by atoms with Crippen molar-refractivity contribution in [2.45, 2.75) is 77.2 Å². The molecule has 0 aliphatic heterocycles. The maximum atomic E-state index is 10.2. The normalized spacial score (nSPS) is 41.8. The zero-order chi connectivity index (χ0) is 21.2. The Kier molecular flexibility index (Phi) is 4.51. The highest BCUT2D eigenvalue weighted by atomic mass is 16.3. The maximum absolute atomic E-state index is 10.2. The van der Waals surface area contributed by atoms with E-state index in [0.29, 0.717) is 16.7 Å². The number of aliphatic hydroxyl groups excluding tert-OH is 1. The van der Waals surface area contributed by atoms with E-state index in [1.807, 2.05) is 0 Å². The van der Waals surface area contributed by atoms with Gasteiger partial charge < -0.3 is 5.11 Å². The van der Waals surface area contributed by atoms with Crippen molar-refractivity contribution in [2.75, 3.05) is 0 Å². The van der Waals surface area contributed by atoms with Gasteiger partial charge in [0, 0.05) is 12.1 Å². The molecule has 6 rings (SSSR count). The zero-order valence-corrected chi connectivity index (χ0v) is 19.0. The molecule has 31 heavy (non-hydrogen) atoms. The lowest BCUT2D eigenvalue weighted by Crippen LogP contribution is -2.50. The number of benzene rings is 1. The van der Waals surface area contributed by atoms with Crippen molar-refractivity contribution in [1.82, 2.24) is 9.78 Å². The summed E-state index contributed by atoms with van der Waals surface area (Å²) in [4.78, 5) is 0. The predicted molar refractivity (Wildman–Crippen MR) is 124 cm³/mol. The van der Waals surface area contributed by atoms with Crippen LogP contribution in [-0.4, -0.2) is 21.0 Å². The first-order valence-electron chi connectivity index (χ1n) is 12.5. The van der Waals surface area contributed by atoms with Crippen LogP contribution in [0, 0.1) is 28.6 Å². The van der Waals surface area contributed by atoms with Crippen molar-refractivity contribution in [3.63, 3.8) is 0 Å². The fraction of sp³-hybridized carbons (Fsp3) is 0.607. The van der Waals surface area contributed by atoms with Crippen molar-refractivity contribution >= 4 is 0 Å². The van der Waals surface area contributed by atoms with Gasteiger partial charge in [-0.1, -0.05) is 43.7 Å². The summed E-state index contributed by atoms with van der Waals surface area (Å²) in [6, 6.07) is 12.8. The molecule has 3 fully saturated rings. The molecular formula is C28H36N2O. The molecule has 0 spiro atoms. The highest BCUT2D eigenvalue weighted by Crippen LogP contribution is 2.67. The van der Waals surface area contributed by atoms with Crippen molar-refractivity contribution in [2.24, 2.45) is 28.6 Å². The first kappa shape index (κ1) is 19.8. The maximum Gasteiger partial charge on any atom is 0.0665 e. The lowest BCUT2D eigenvalue weighted by Gasteiger charge is -2.58. The fourth-order valence-electron chi connectivity index (χ4n) is 8.38. The van der Waals surface area contributed by atoms with Crippen molar-refractivity contribution in [3.8, 4) is 5.69 Å². The van der Waals surface area contributed by atoms with E-state index in [0.717, 1.165) is 36.3 Å². The number of aromatic nitrogens is 2.